The Labute approximate surface area is 188 Å². The number of urea groups is 1. The van der Waals surface area contributed by atoms with Crippen molar-refractivity contribution in [2.45, 2.75) is 25.6 Å². The lowest BCUT2D eigenvalue weighted by molar-refractivity contribution is -0.556. The van der Waals surface area contributed by atoms with Crippen LogP contribution in [0.2, 0.25) is 10.0 Å². The van der Waals surface area contributed by atoms with Gasteiger partial charge in [0, 0.05) is 23.5 Å². The van der Waals surface area contributed by atoms with Crippen LogP contribution < -0.4 is 0 Å². The molecule has 4 heterocycles. The van der Waals surface area contributed by atoms with Crippen LogP contribution in [0.15, 0.2) is 46.0 Å². The average molecular weight is 461 g/mol. The highest BCUT2D eigenvalue weighted by Gasteiger charge is 2.56. The van der Waals surface area contributed by atoms with Crippen LogP contribution in [0.1, 0.15) is 17.7 Å². The van der Waals surface area contributed by atoms with Gasteiger partial charge in [0.25, 0.3) is 5.91 Å². The van der Waals surface area contributed by atoms with Crippen LogP contribution in [0, 0.1) is 0 Å². The fraction of sp³-hybridized carbons (Fsp3) is 0.333. The second-order valence-corrected chi connectivity index (χ2v) is 8.57. The fourth-order valence-electron chi connectivity index (χ4n) is 4.23. The summed E-state index contributed by atoms with van der Waals surface area (Å²) in [5.41, 5.74) is 0.654. The Kier molecular flexibility index (Phi) is 4.98. The van der Waals surface area contributed by atoms with Gasteiger partial charge < -0.3 is 4.42 Å². The highest BCUT2D eigenvalue weighted by atomic mass is 35.5. The molecule has 3 amide bonds. The molecule has 3 aliphatic rings. The number of aliphatic imine (C=N–C) groups is 1. The highest BCUT2D eigenvalue weighted by molar-refractivity contribution is 6.35. The molecule has 0 aliphatic carbocycles. The lowest BCUT2D eigenvalue weighted by atomic mass is 10.1. The maximum absolute atomic E-state index is 13.5. The molecular weight excluding hydrogens is 441 g/mol. The highest BCUT2D eigenvalue weighted by Crippen LogP contribution is 2.29. The van der Waals surface area contributed by atoms with Crippen molar-refractivity contribution in [1.82, 2.24) is 14.7 Å². The van der Waals surface area contributed by atoms with Crippen molar-refractivity contribution >= 4 is 46.9 Å². The van der Waals surface area contributed by atoms with Crippen molar-refractivity contribution in [2.24, 2.45) is 4.99 Å². The molecule has 3 aliphatic heterocycles. The Bertz CT molecular complexity index is 1130. The van der Waals surface area contributed by atoms with E-state index in [0.717, 1.165) is 18.7 Å². The van der Waals surface area contributed by atoms with E-state index in [1.54, 1.807) is 31.5 Å². The van der Waals surface area contributed by atoms with E-state index in [2.05, 4.69) is 4.58 Å². The minimum atomic E-state index is -0.636. The van der Waals surface area contributed by atoms with Crippen molar-refractivity contribution in [3.8, 4) is 0 Å². The summed E-state index contributed by atoms with van der Waals surface area (Å²) < 4.78 is 7.57. The molecule has 0 spiro atoms. The molecule has 31 heavy (non-hydrogen) atoms. The smallest absolute Gasteiger partial charge is 0.392 e. The summed E-state index contributed by atoms with van der Waals surface area (Å²) in [7, 11) is 1.65. The number of nitrogens with zero attached hydrogens (tertiary/aromatic N) is 5. The Morgan fingerprint density at radius 3 is 2.84 bits per heavy atom. The van der Waals surface area contributed by atoms with Gasteiger partial charge in [-0.2, -0.15) is 0 Å². The Morgan fingerprint density at radius 1 is 1.26 bits per heavy atom. The molecule has 0 bridgehead atoms. The number of benzene rings is 1. The van der Waals surface area contributed by atoms with Crippen molar-refractivity contribution in [2.75, 3.05) is 20.1 Å². The first-order chi connectivity index (χ1) is 14.9. The largest absolute Gasteiger partial charge is 0.466 e. The predicted octanol–water partition coefficient (Wildman–Crippen LogP) is 3.04. The molecule has 1 fully saturated rings. The number of amides is 3. The van der Waals surface area contributed by atoms with Gasteiger partial charge >= 0.3 is 12.0 Å². The third kappa shape index (κ3) is 3.40. The molecule has 1 unspecified atom stereocenters. The summed E-state index contributed by atoms with van der Waals surface area (Å²) in [6, 6.07) is 7.72. The van der Waals surface area contributed by atoms with Crippen LogP contribution in [-0.2, 0) is 17.9 Å². The summed E-state index contributed by atoms with van der Waals surface area (Å²) in [5.74, 6) is 1.67. The first kappa shape index (κ1) is 20.1. The van der Waals surface area contributed by atoms with E-state index in [1.165, 1.54) is 9.80 Å². The number of amidine groups is 1. The number of hydrogen-bond acceptors (Lipinski definition) is 5. The third-order valence-corrected chi connectivity index (χ3v) is 6.36. The molecule has 0 N–H and O–H groups in total. The number of fused-ring (bicyclic) bond motifs is 3. The predicted molar refractivity (Wildman–Crippen MR) is 115 cm³/mol. The lowest BCUT2D eigenvalue weighted by Crippen LogP contribution is -2.64. The molecule has 8 nitrogen and oxygen atoms in total. The van der Waals surface area contributed by atoms with Crippen molar-refractivity contribution in [1.29, 1.82) is 0 Å². The van der Waals surface area contributed by atoms with Gasteiger partial charge in [-0.1, -0.05) is 34.3 Å². The number of hydrogen-bond donors (Lipinski definition) is 0. The molecule has 5 rings (SSSR count). The number of likely N-dealkylation sites (N-methyl/N-ethyl adjacent to an activating group) is 1. The molecular formula is C21H20Cl2N5O3+. The number of guanidine groups is 1. The number of furan rings is 1. The molecule has 0 saturated carbocycles. The van der Waals surface area contributed by atoms with E-state index in [0.29, 0.717) is 40.5 Å². The van der Waals surface area contributed by atoms with E-state index in [9.17, 15) is 9.59 Å². The summed E-state index contributed by atoms with van der Waals surface area (Å²) in [4.78, 5) is 35.8. The maximum atomic E-state index is 13.5. The monoisotopic (exact) mass is 460 g/mol. The molecule has 160 valence electrons. The van der Waals surface area contributed by atoms with Crippen molar-refractivity contribution in [3.63, 3.8) is 0 Å². The van der Waals surface area contributed by atoms with E-state index in [-0.39, 0.29) is 12.5 Å². The molecule has 10 heteroatoms. The number of rotatable bonds is 4. The van der Waals surface area contributed by atoms with E-state index < -0.39 is 12.1 Å². The molecule has 1 saturated heterocycles. The summed E-state index contributed by atoms with van der Waals surface area (Å²) in [6.45, 7) is 2.11. The van der Waals surface area contributed by atoms with Crippen molar-refractivity contribution in [3.05, 3.63) is 58.0 Å². The summed E-state index contributed by atoms with van der Waals surface area (Å²) in [6.07, 6.45) is 2.51. The molecule has 1 aromatic heterocycles. The topological polar surface area (TPSA) is 72.4 Å². The Hall–Kier alpha value is -2.84. The van der Waals surface area contributed by atoms with E-state index in [4.69, 9.17) is 32.6 Å². The van der Waals surface area contributed by atoms with Crippen LogP contribution in [0.5, 0.6) is 0 Å². The second-order valence-electron chi connectivity index (χ2n) is 7.72. The van der Waals surface area contributed by atoms with Gasteiger partial charge in [-0.3, -0.25) is 19.2 Å². The molecule has 0 radical (unpaired) electrons. The van der Waals surface area contributed by atoms with Crippen LogP contribution in [0.4, 0.5) is 4.79 Å². The fourth-order valence-corrected chi connectivity index (χ4v) is 4.69. The Balaban J connectivity index is 1.47. The van der Waals surface area contributed by atoms with Gasteiger partial charge in [0.2, 0.25) is 11.9 Å². The zero-order chi connectivity index (χ0) is 21.7. The third-order valence-electron chi connectivity index (χ3n) is 5.77. The van der Waals surface area contributed by atoms with Gasteiger partial charge in [0.1, 0.15) is 12.3 Å². The quantitative estimate of drug-likeness (QED) is 0.657. The second kappa shape index (κ2) is 7.69. The van der Waals surface area contributed by atoms with Gasteiger partial charge in [0.05, 0.1) is 25.9 Å². The van der Waals surface area contributed by atoms with Crippen molar-refractivity contribution < 1.29 is 18.6 Å². The number of imide groups is 1. The van der Waals surface area contributed by atoms with E-state index in [1.807, 2.05) is 17.0 Å². The van der Waals surface area contributed by atoms with E-state index >= 15 is 0 Å². The Morgan fingerprint density at radius 2 is 2.10 bits per heavy atom. The SMILES string of the molecule is CN1C(=O)N(Cc2ccc(Cl)cc2Cl)C(=O)C2C1=NC1=[N+](Cc3ccco3)CCCN12. The van der Waals surface area contributed by atoms with Gasteiger partial charge in [0.15, 0.2) is 0 Å². The summed E-state index contributed by atoms with van der Waals surface area (Å²) >= 11 is 12.3. The maximum Gasteiger partial charge on any atom is 0.392 e. The average Bonchev–Trinajstić information content (AvgIpc) is 3.39. The normalized spacial score (nSPS) is 20.9. The van der Waals surface area contributed by atoms with Crippen LogP contribution in [-0.4, -0.2) is 69.2 Å². The zero-order valence-electron chi connectivity index (χ0n) is 16.8. The molecule has 2 aromatic rings. The van der Waals surface area contributed by atoms with Crippen LogP contribution in [0.3, 0.4) is 0 Å². The standard InChI is InChI=1S/C21H20Cl2N5O3/c1-25-18-17(19(29)28(21(25)30)11-13-5-6-14(22)10-16(13)23)27-8-3-7-26(20(27)24-18)12-15-4-2-9-31-15/h2,4-6,9-10,17H,3,7-8,11-12H2,1H3/q+1. The first-order valence-electron chi connectivity index (χ1n) is 9.96. The van der Waals surface area contributed by atoms with Crippen LogP contribution >= 0.6 is 23.2 Å². The lowest BCUT2D eigenvalue weighted by Gasteiger charge is -2.36. The van der Waals surface area contributed by atoms with Gasteiger partial charge in [-0.25, -0.2) is 9.69 Å². The molecule has 1 atom stereocenters. The minimum absolute atomic E-state index is 0.0705. The number of halogens is 2. The molecule has 1 aromatic carbocycles. The minimum Gasteiger partial charge on any atom is -0.466 e. The van der Waals surface area contributed by atoms with Gasteiger partial charge in [-0.15, -0.1) is 0 Å². The van der Waals surface area contributed by atoms with Gasteiger partial charge in [-0.05, 0) is 29.8 Å². The zero-order valence-corrected chi connectivity index (χ0v) is 18.3. The number of carbonyl (C=O) groups is 2. The summed E-state index contributed by atoms with van der Waals surface area (Å²) in [5, 5.41) is 0.910. The first-order valence-corrected chi connectivity index (χ1v) is 10.7. The number of carbonyl (C=O) groups excluding carboxylic acids is 2. The van der Waals surface area contributed by atoms with Crippen LogP contribution in [0.25, 0.3) is 0 Å².